The SMILES string of the molecule is Cn1cc(C[C@H](N)C(=O)NN)c2ccccc21. The molecule has 0 saturated heterocycles. The second kappa shape index (κ2) is 4.57. The van der Waals surface area contributed by atoms with Gasteiger partial charge in [-0.2, -0.15) is 0 Å². The van der Waals surface area contributed by atoms with Crippen LogP contribution in [0.25, 0.3) is 10.9 Å². The fourth-order valence-corrected chi connectivity index (χ4v) is 2.02. The Bertz CT molecular complexity index is 546. The number of rotatable bonds is 3. The Kier molecular flexibility index (Phi) is 3.12. The summed E-state index contributed by atoms with van der Waals surface area (Å²) in [5, 5.41) is 1.12. The van der Waals surface area contributed by atoms with E-state index in [1.54, 1.807) is 0 Å². The first-order chi connectivity index (χ1) is 8.13. The standard InChI is InChI=1S/C12H16N4O/c1-16-7-8(6-10(13)12(17)15-14)9-4-2-3-5-11(9)16/h2-5,7,10H,6,13-14H2,1H3,(H,15,17)/t10-/m0/s1. The van der Waals surface area contributed by atoms with Crippen LogP contribution in [0.4, 0.5) is 0 Å². The van der Waals surface area contributed by atoms with Gasteiger partial charge in [-0.05, 0) is 18.1 Å². The third-order valence-corrected chi connectivity index (χ3v) is 2.90. The van der Waals surface area contributed by atoms with Gasteiger partial charge in [-0.3, -0.25) is 10.2 Å². The molecule has 90 valence electrons. The summed E-state index contributed by atoms with van der Waals surface area (Å²) in [6.07, 6.45) is 2.47. The van der Waals surface area contributed by atoms with Crippen LogP contribution in [0.2, 0.25) is 0 Å². The Morgan fingerprint density at radius 1 is 1.47 bits per heavy atom. The highest BCUT2D eigenvalue weighted by atomic mass is 16.2. The first kappa shape index (κ1) is 11.6. The molecule has 5 nitrogen and oxygen atoms in total. The van der Waals surface area contributed by atoms with Gasteiger partial charge in [0, 0.05) is 24.1 Å². The van der Waals surface area contributed by atoms with E-state index in [1.165, 1.54) is 0 Å². The molecule has 0 bridgehead atoms. The Morgan fingerprint density at radius 2 is 2.18 bits per heavy atom. The van der Waals surface area contributed by atoms with Crippen LogP contribution in [-0.4, -0.2) is 16.5 Å². The lowest BCUT2D eigenvalue weighted by Crippen LogP contribution is -2.45. The van der Waals surface area contributed by atoms with Crippen LogP contribution in [0.15, 0.2) is 30.5 Å². The van der Waals surface area contributed by atoms with Crippen LogP contribution < -0.4 is 17.0 Å². The van der Waals surface area contributed by atoms with E-state index in [0.29, 0.717) is 6.42 Å². The quantitative estimate of drug-likeness (QED) is 0.396. The molecule has 0 spiro atoms. The largest absolute Gasteiger partial charge is 0.350 e. The molecular formula is C12H16N4O. The molecule has 5 N–H and O–H groups in total. The van der Waals surface area contributed by atoms with Crippen molar-refractivity contribution in [1.29, 1.82) is 0 Å². The van der Waals surface area contributed by atoms with Gasteiger partial charge < -0.3 is 10.3 Å². The fraction of sp³-hybridized carbons (Fsp3) is 0.250. The van der Waals surface area contributed by atoms with Crippen LogP contribution in [-0.2, 0) is 18.3 Å². The maximum Gasteiger partial charge on any atom is 0.251 e. The van der Waals surface area contributed by atoms with Gasteiger partial charge in [-0.1, -0.05) is 18.2 Å². The Hall–Kier alpha value is -1.85. The maximum atomic E-state index is 11.3. The Morgan fingerprint density at radius 3 is 2.88 bits per heavy atom. The third kappa shape index (κ3) is 2.15. The smallest absolute Gasteiger partial charge is 0.251 e. The third-order valence-electron chi connectivity index (χ3n) is 2.90. The number of hydrogen-bond donors (Lipinski definition) is 3. The van der Waals surface area contributed by atoms with Crippen molar-refractivity contribution in [3.8, 4) is 0 Å². The number of nitrogens with one attached hydrogen (secondary N) is 1. The monoisotopic (exact) mass is 232 g/mol. The van der Waals surface area contributed by atoms with Crippen LogP contribution >= 0.6 is 0 Å². The van der Waals surface area contributed by atoms with Gasteiger partial charge in [0.15, 0.2) is 0 Å². The number of aryl methyl sites for hydroxylation is 1. The number of aromatic nitrogens is 1. The van der Waals surface area contributed by atoms with E-state index >= 15 is 0 Å². The van der Waals surface area contributed by atoms with E-state index in [2.05, 4.69) is 5.43 Å². The van der Waals surface area contributed by atoms with Gasteiger partial charge in [0.05, 0.1) is 6.04 Å². The number of amides is 1. The van der Waals surface area contributed by atoms with Crippen molar-refractivity contribution in [3.05, 3.63) is 36.0 Å². The van der Waals surface area contributed by atoms with E-state index in [1.807, 2.05) is 42.1 Å². The number of hydrazine groups is 1. The highest BCUT2D eigenvalue weighted by molar-refractivity contribution is 5.86. The first-order valence-electron chi connectivity index (χ1n) is 5.42. The molecule has 1 atom stereocenters. The minimum absolute atomic E-state index is 0.349. The molecule has 1 heterocycles. The molecule has 0 fully saturated rings. The highest BCUT2D eigenvalue weighted by Crippen LogP contribution is 2.21. The normalized spacial score (nSPS) is 12.6. The Balaban J connectivity index is 2.33. The van der Waals surface area contributed by atoms with E-state index in [4.69, 9.17) is 11.6 Å². The lowest BCUT2D eigenvalue weighted by molar-refractivity contribution is -0.122. The topological polar surface area (TPSA) is 86.1 Å². The van der Waals surface area contributed by atoms with Crippen LogP contribution in [0.5, 0.6) is 0 Å². The molecule has 0 aliphatic heterocycles. The minimum Gasteiger partial charge on any atom is -0.350 e. The molecular weight excluding hydrogens is 216 g/mol. The number of fused-ring (bicyclic) bond motifs is 1. The zero-order valence-corrected chi connectivity index (χ0v) is 9.68. The molecule has 0 aliphatic rings. The summed E-state index contributed by atoms with van der Waals surface area (Å²) >= 11 is 0. The average molecular weight is 232 g/mol. The van der Waals surface area contributed by atoms with E-state index < -0.39 is 6.04 Å². The van der Waals surface area contributed by atoms with Crippen molar-refractivity contribution >= 4 is 16.8 Å². The van der Waals surface area contributed by atoms with Gasteiger partial charge >= 0.3 is 0 Å². The number of nitrogens with zero attached hydrogens (tertiary/aromatic N) is 1. The van der Waals surface area contributed by atoms with Gasteiger partial charge in [0.2, 0.25) is 0 Å². The number of hydrogen-bond acceptors (Lipinski definition) is 3. The Labute approximate surface area is 99.4 Å². The zero-order chi connectivity index (χ0) is 12.4. The minimum atomic E-state index is -0.620. The predicted octanol–water partition coefficient (Wildman–Crippen LogP) is 0.0380. The van der Waals surface area contributed by atoms with Gasteiger partial charge in [0.25, 0.3) is 5.91 Å². The van der Waals surface area contributed by atoms with Crippen molar-refractivity contribution < 1.29 is 4.79 Å². The molecule has 2 aromatic rings. The molecule has 0 aliphatic carbocycles. The van der Waals surface area contributed by atoms with Crippen molar-refractivity contribution in [2.75, 3.05) is 0 Å². The number of carbonyl (C=O) groups excluding carboxylic acids is 1. The van der Waals surface area contributed by atoms with Crippen LogP contribution in [0.3, 0.4) is 0 Å². The lowest BCUT2D eigenvalue weighted by Gasteiger charge is -2.08. The summed E-state index contributed by atoms with van der Waals surface area (Å²) in [5.41, 5.74) is 10.0. The summed E-state index contributed by atoms with van der Waals surface area (Å²) in [7, 11) is 1.97. The van der Waals surface area contributed by atoms with Crippen LogP contribution in [0.1, 0.15) is 5.56 Å². The van der Waals surface area contributed by atoms with Crippen molar-refractivity contribution in [2.24, 2.45) is 18.6 Å². The highest BCUT2D eigenvalue weighted by Gasteiger charge is 2.15. The number of nitrogens with two attached hydrogens (primary N) is 2. The number of para-hydroxylation sites is 1. The number of benzene rings is 1. The molecule has 17 heavy (non-hydrogen) atoms. The summed E-state index contributed by atoms with van der Waals surface area (Å²) in [6, 6.07) is 7.40. The zero-order valence-electron chi connectivity index (χ0n) is 9.68. The van der Waals surface area contributed by atoms with Crippen molar-refractivity contribution in [3.63, 3.8) is 0 Å². The average Bonchev–Trinajstić information content (AvgIpc) is 2.66. The lowest BCUT2D eigenvalue weighted by atomic mass is 10.1. The van der Waals surface area contributed by atoms with Gasteiger partial charge in [-0.25, -0.2) is 5.84 Å². The summed E-state index contributed by atoms with van der Waals surface area (Å²) in [5.74, 6) is 4.71. The summed E-state index contributed by atoms with van der Waals surface area (Å²) < 4.78 is 2.03. The maximum absolute atomic E-state index is 11.3. The molecule has 5 heteroatoms. The summed E-state index contributed by atoms with van der Waals surface area (Å²) in [4.78, 5) is 11.3. The van der Waals surface area contributed by atoms with Gasteiger partial charge in [-0.15, -0.1) is 0 Å². The van der Waals surface area contributed by atoms with Crippen LogP contribution in [0, 0.1) is 0 Å². The first-order valence-corrected chi connectivity index (χ1v) is 5.42. The number of carbonyl (C=O) groups is 1. The molecule has 1 amide bonds. The van der Waals surface area contributed by atoms with E-state index in [-0.39, 0.29) is 5.91 Å². The molecule has 1 aromatic carbocycles. The summed E-state index contributed by atoms with van der Waals surface area (Å²) in [6.45, 7) is 0. The molecule has 2 rings (SSSR count). The second-order valence-corrected chi connectivity index (χ2v) is 4.10. The molecule has 1 aromatic heterocycles. The molecule has 0 unspecified atom stereocenters. The van der Waals surface area contributed by atoms with Crippen molar-refractivity contribution in [2.45, 2.75) is 12.5 Å². The molecule has 0 saturated carbocycles. The van der Waals surface area contributed by atoms with Gasteiger partial charge in [0.1, 0.15) is 0 Å². The predicted molar refractivity (Wildman–Crippen MR) is 66.9 cm³/mol. The van der Waals surface area contributed by atoms with E-state index in [9.17, 15) is 4.79 Å². The molecule has 0 radical (unpaired) electrons. The van der Waals surface area contributed by atoms with Crippen molar-refractivity contribution in [1.82, 2.24) is 9.99 Å². The fourth-order valence-electron chi connectivity index (χ4n) is 2.02. The van der Waals surface area contributed by atoms with E-state index in [0.717, 1.165) is 16.5 Å². The second-order valence-electron chi connectivity index (χ2n) is 4.10.